The van der Waals surface area contributed by atoms with Gasteiger partial charge in [-0.3, -0.25) is 0 Å². The number of nitrogens with zero attached hydrogens (tertiary/aromatic N) is 2. The second-order valence-electron chi connectivity index (χ2n) is 3.47. The lowest BCUT2D eigenvalue weighted by molar-refractivity contribution is 0.603. The zero-order valence-electron chi connectivity index (χ0n) is 9.30. The summed E-state index contributed by atoms with van der Waals surface area (Å²) < 4.78 is 21.9. The van der Waals surface area contributed by atoms with Crippen molar-refractivity contribution >= 4 is 21.6 Å². The molecule has 1 rings (SSSR count). The first-order valence-electron chi connectivity index (χ1n) is 4.76. The Morgan fingerprint density at radius 2 is 2.12 bits per heavy atom. The van der Waals surface area contributed by atoms with Crippen LogP contribution in [0.25, 0.3) is 0 Å². The molecule has 0 bridgehead atoms. The smallest absolute Gasteiger partial charge is 0.188 e. The largest absolute Gasteiger partial charge is 0.325 e. The van der Waals surface area contributed by atoms with Crippen LogP contribution in [0.2, 0.25) is 0 Å². The number of sulfone groups is 1. The molecule has 0 unspecified atom stereocenters. The molecule has 0 saturated heterocycles. The second kappa shape index (κ2) is 5.60. The van der Waals surface area contributed by atoms with Gasteiger partial charge in [0.1, 0.15) is 9.84 Å². The Balaban J connectivity index is 2.63. The SMILES string of the molecule is Cc1cc(CN)nc(SCCS(C)(=O)=O)n1. The van der Waals surface area contributed by atoms with E-state index < -0.39 is 9.84 Å². The fraction of sp³-hybridized carbons (Fsp3) is 0.556. The molecular weight excluding hydrogens is 246 g/mol. The van der Waals surface area contributed by atoms with E-state index in [1.165, 1.54) is 18.0 Å². The van der Waals surface area contributed by atoms with Crippen molar-refractivity contribution in [1.29, 1.82) is 0 Å². The number of thioether (sulfide) groups is 1. The summed E-state index contributed by atoms with van der Waals surface area (Å²) in [5.74, 6) is 0.596. The molecule has 1 heterocycles. The van der Waals surface area contributed by atoms with E-state index in [1.54, 1.807) is 0 Å². The first kappa shape index (κ1) is 13.4. The zero-order chi connectivity index (χ0) is 12.2. The molecule has 1 aromatic heterocycles. The molecule has 0 fully saturated rings. The number of aryl methyl sites for hydroxylation is 1. The van der Waals surface area contributed by atoms with Crippen LogP contribution in [0.3, 0.4) is 0 Å². The third-order valence-corrected chi connectivity index (χ3v) is 3.83. The molecule has 7 heteroatoms. The standard InChI is InChI=1S/C9H15N3O2S2/c1-7-5-8(6-10)12-9(11-7)15-3-4-16(2,13)14/h5H,3-4,6,10H2,1-2H3. The minimum atomic E-state index is -2.92. The van der Waals surface area contributed by atoms with E-state index in [0.29, 0.717) is 17.5 Å². The maximum Gasteiger partial charge on any atom is 0.188 e. The van der Waals surface area contributed by atoms with Crippen molar-refractivity contribution in [2.45, 2.75) is 18.6 Å². The first-order chi connectivity index (χ1) is 7.40. The summed E-state index contributed by atoms with van der Waals surface area (Å²) >= 11 is 1.33. The third-order valence-electron chi connectivity index (χ3n) is 1.78. The highest BCUT2D eigenvalue weighted by molar-refractivity contribution is 8.00. The van der Waals surface area contributed by atoms with Crippen molar-refractivity contribution in [2.24, 2.45) is 5.73 Å². The van der Waals surface area contributed by atoms with Crippen LogP contribution in [0.15, 0.2) is 11.2 Å². The van der Waals surface area contributed by atoms with Gasteiger partial charge in [0.15, 0.2) is 5.16 Å². The van der Waals surface area contributed by atoms with Crippen LogP contribution >= 0.6 is 11.8 Å². The summed E-state index contributed by atoms with van der Waals surface area (Å²) in [7, 11) is -2.92. The molecule has 0 amide bonds. The first-order valence-corrected chi connectivity index (χ1v) is 7.80. The van der Waals surface area contributed by atoms with E-state index in [1.807, 2.05) is 13.0 Å². The zero-order valence-corrected chi connectivity index (χ0v) is 10.9. The van der Waals surface area contributed by atoms with E-state index in [-0.39, 0.29) is 5.75 Å². The Labute approximate surface area is 99.8 Å². The van der Waals surface area contributed by atoms with Gasteiger partial charge in [0.05, 0.1) is 11.4 Å². The number of hydrogen-bond donors (Lipinski definition) is 1. The summed E-state index contributed by atoms with van der Waals surface area (Å²) in [6, 6.07) is 1.82. The van der Waals surface area contributed by atoms with Gasteiger partial charge in [-0.1, -0.05) is 11.8 Å². The van der Waals surface area contributed by atoms with Gasteiger partial charge in [-0.05, 0) is 13.0 Å². The number of aromatic nitrogens is 2. The van der Waals surface area contributed by atoms with Crippen LogP contribution in [0.1, 0.15) is 11.4 Å². The van der Waals surface area contributed by atoms with Crippen LogP contribution in [0.5, 0.6) is 0 Å². The Bertz CT molecular complexity index is 460. The Morgan fingerprint density at radius 1 is 1.44 bits per heavy atom. The van der Waals surface area contributed by atoms with E-state index in [4.69, 9.17) is 5.73 Å². The minimum absolute atomic E-state index is 0.132. The van der Waals surface area contributed by atoms with Crippen molar-refractivity contribution in [3.05, 3.63) is 17.5 Å². The monoisotopic (exact) mass is 261 g/mol. The number of nitrogens with two attached hydrogens (primary N) is 1. The highest BCUT2D eigenvalue weighted by atomic mass is 32.2. The highest BCUT2D eigenvalue weighted by Crippen LogP contribution is 2.14. The molecule has 1 aromatic rings. The van der Waals surface area contributed by atoms with Gasteiger partial charge in [-0.2, -0.15) is 0 Å². The maximum absolute atomic E-state index is 10.9. The second-order valence-corrected chi connectivity index (χ2v) is 6.79. The van der Waals surface area contributed by atoms with Crippen LogP contribution < -0.4 is 5.73 Å². The van der Waals surface area contributed by atoms with Gasteiger partial charge in [0.2, 0.25) is 0 Å². The quantitative estimate of drug-likeness (QED) is 0.609. The molecule has 90 valence electrons. The highest BCUT2D eigenvalue weighted by Gasteiger charge is 2.05. The predicted molar refractivity (Wildman–Crippen MR) is 65.1 cm³/mol. The number of hydrogen-bond acceptors (Lipinski definition) is 6. The average Bonchev–Trinajstić information content (AvgIpc) is 2.14. The van der Waals surface area contributed by atoms with Gasteiger partial charge in [0, 0.05) is 24.2 Å². The summed E-state index contributed by atoms with van der Waals surface area (Å²) in [6.45, 7) is 2.23. The van der Waals surface area contributed by atoms with Crippen LogP contribution in [0.4, 0.5) is 0 Å². The molecule has 0 aliphatic carbocycles. The number of rotatable bonds is 5. The molecule has 0 aliphatic rings. The summed E-state index contributed by atoms with van der Waals surface area (Å²) in [4.78, 5) is 8.41. The van der Waals surface area contributed by atoms with Crippen LogP contribution in [-0.2, 0) is 16.4 Å². The van der Waals surface area contributed by atoms with Crippen molar-refractivity contribution in [2.75, 3.05) is 17.8 Å². The Hall–Kier alpha value is -0.660. The summed E-state index contributed by atoms with van der Waals surface area (Å²) in [5.41, 5.74) is 7.11. The molecule has 16 heavy (non-hydrogen) atoms. The lowest BCUT2D eigenvalue weighted by Gasteiger charge is -2.03. The fourth-order valence-corrected chi connectivity index (χ4v) is 3.18. The average molecular weight is 261 g/mol. The summed E-state index contributed by atoms with van der Waals surface area (Å²) in [6.07, 6.45) is 1.22. The molecule has 0 radical (unpaired) electrons. The van der Waals surface area contributed by atoms with Gasteiger partial charge in [0.25, 0.3) is 0 Å². The third kappa shape index (κ3) is 4.91. The normalized spacial score (nSPS) is 11.7. The Kier molecular flexibility index (Phi) is 4.69. The molecule has 0 saturated carbocycles. The van der Waals surface area contributed by atoms with Gasteiger partial charge in [-0.25, -0.2) is 18.4 Å². The molecule has 0 spiro atoms. The van der Waals surface area contributed by atoms with Crippen molar-refractivity contribution in [3.8, 4) is 0 Å². The van der Waals surface area contributed by atoms with Gasteiger partial charge in [-0.15, -0.1) is 0 Å². The van der Waals surface area contributed by atoms with E-state index in [0.717, 1.165) is 11.4 Å². The maximum atomic E-state index is 10.9. The van der Waals surface area contributed by atoms with Crippen molar-refractivity contribution < 1.29 is 8.42 Å². The van der Waals surface area contributed by atoms with Gasteiger partial charge < -0.3 is 5.73 Å². The van der Waals surface area contributed by atoms with E-state index in [9.17, 15) is 8.42 Å². The lowest BCUT2D eigenvalue weighted by atomic mass is 10.3. The molecule has 5 nitrogen and oxygen atoms in total. The molecular formula is C9H15N3O2S2. The van der Waals surface area contributed by atoms with Crippen molar-refractivity contribution in [1.82, 2.24) is 9.97 Å². The van der Waals surface area contributed by atoms with Crippen LogP contribution in [0, 0.1) is 6.92 Å². The fourth-order valence-electron chi connectivity index (χ4n) is 1.06. The molecule has 2 N–H and O–H groups in total. The van der Waals surface area contributed by atoms with Crippen LogP contribution in [-0.4, -0.2) is 36.1 Å². The predicted octanol–water partition coefficient (Wildman–Crippen LogP) is 0.380. The molecule has 0 aromatic carbocycles. The van der Waals surface area contributed by atoms with E-state index in [2.05, 4.69) is 9.97 Å². The van der Waals surface area contributed by atoms with E-state index >= 15 is 0 Å². The molecule has 0 atom stereocenters. The summed E-state index contributed by atoms with van der Waals surface area (Å²) in [5, 5.41) is 0.587. The Morgan fingerprint density at radius 3 is 2.69 bits per heavy atom. The minimum Gasteiger partial charge on any atom is -0.325 e. The topological polar surface area (TPSA) is 85.9 Å². The lowest BCUT2D eigenvalue weighted by Crippen LogP contribution is -2.07. The molecule has 0 aliphatic heterocycles. The van der Waals surface area contributed by atoms with Gasteiger partial charge >= 0.3 is 0 Å². The van der Waals surface area contributed by atoms with Crippen molar-refractivity contribution in [3.63, 3.8) is 0 Å².